The Hall–Kier alpha value is -3.50. The summed E-state index contributed by atoms with van der Waals surface area (Å²) >= 11 is 6.30. The van der Waals surface area contributed by atoms with Gasteiger partial charge in [0.2, 0.25) is 0 Å². The third-order valence-corrected chi connectivity index (χ3v) is 4.62. The average molecular weight is 443 g/mol. The van der Waals surface area contributed by atoms with Gasteiger partial charge in [-0.25, -0.2) is 4.79 Å². The lowest BCUT2D eigenvalue weighted by Crippen LogP contribution is -2.14. The lowest BCUT2D eigenvalue weighted by Gasteiger charge is -2.14. The fourth-order valence-electron chi connectivity index (χ4n) is 2.60. The summed E-state index contributed by atoms with van der Waals surface area (Å²) in [6.07, 6.45) is 1.40. The van der Waals surface area contributed by atoms with E-state index in [0.717, 1.165) is 11.1 Å². The fourth-order valence-corrected chi connectivity index (χ4v) is 2.87. The Labute approximate surface area is 186 Å². The first-order chi connectivity index (χ1) is 14.8. The molecule has 0 unspecified atom stereocenters. The van der Waals surface area contributed by atoms with E-state index < -0.39 is 11.9 Å². The van der Waals surface area contributed by atoms with Crippen molar-refractivity contribution in [2.24, 2.45) is 0 Å². The number of nitriles is 1. The van der Waals surface area contributed by atoms with Crippen molar-refractivity contribution >= 4 is 35.2 Å². The van der Waals surface area contributed by atoms with E-state index in [1.165, 1.54) is 19.3 Å². The summed E-state index contributed by atoms with van der Waals surface area (Å²) in [6, 6.07) is 10.5. The Balaban J connectivity index is 2.31. The summed E-state index contributed by atoms with van der Waals surface area (Å²) in [5.74, 6) is -0.677. The first-order valence-corrected chi connectivity index (χ1v) is 9.83. The first-order valence-electron chi connectivity index (χ1n) is 9.45. The van der Waals surface area contributed by atoms with Crippen molar-refractivity contribution in [2.75, 3.05) is 25.6 Å². The van der Waals surface area contributed by atoms with Crippen molar-refractivity contribution in [3.63, 3.8) is 0 Å². The van der Waals surface area contributed by atoms with Crippen LogP contribution < -0.4 is 14.8 Å². The van der Waals surface area contributed by atoms with Gasteiger partial charge in [-0.15, -0.1) is 0 Å². The molecule has 7 nitrogen and oxygen atoms in total. The van der Waals surface area contributed by atoms with E-state index in [1.54, 1.807) is 19.1 Å². The lowest BCUT2D eigenvalue weighted by atomic mass is 10.1. The molecular formula is C23H23ClN2O5. The molecule has 0 atom stereocenters. The monoisotopic (exact) mass is 442 g/mol. The minimum atomic E-state index is -0.572. The number of benzene rings is 2. The molecule has 0 bridgehead atoms. The molecule has 0 heterocycles. The van der Waals surface area contributed by atoms with Crippen LogP contribution in [0.3, 0.4) is 0 Å². The number of carbonyl (C=O) groups excluding carboxylic acids is 2. The number of esters is 1. The third kappa shape index (κ3) is 6.49. The van der Waals surface area contributed by atoms with Crippen LogP contribution in [0.15, 0.2) is 35.9 Å². The molecule has 31 heavy (non-hydrogen) atoms. The number of rotatable bonds is 8. The predicted molar refractivity (Wildman–Crippen MR) is 118 cm³/mol. The largest absolute Gasteiger partial charge is 0.490 e. The van der Waals surface area contributed by atoms with E-state index in [2.05, 4.69) is 10.1 Å². The number of aryl methyl sites for hydroxylation is 2. The number of halogens is 1. The van der Waals surface area contributed by atoms with E-state index in [1.807, 2.05) is 32.0 Å². The van der Waals surface area contributed by atoms with Crippen LogP contribution in [0.1, 0.15) is 23.6 Å². The molecular weight excluding hydrogens is 420 g/mol. The van der Waals surface area contributed by atoms with Gasteiger partial charge in [-0.1, -0.05) is 17.7 Å². The molecule has 0 saturated carbocycles. The smallest absolute Gasteiger partial charge is 0.343 e. The molecule has 0 aromatic heterocycles. The molecule has 8 heteroatoms. The number of hydrogen-bond acceptors (Lipinski definition) is 6. The van der Waals surface area contributed by atoms with Gasteiger partial charge in [0.25, 0.3) is 5.91 Å². The van der Waals surface area contributed by atoms with Crippen molar-refractivity contribution in [2.45, 2.75) is 20.8 Å². The molecule has 0 aliphatic heterocycles. The van der Waals surface area contributed by atoms with Crippen LogP contribution in [0.4, 0.5) is 5.69 Å². The average Bonchev–Trinajstić information content (AvgIpc) is 2.73. The highest BCUT2D eigenvalue weighted by Gasteiger charge is 2.16. The summed E-state index contributed by atoms with van der Waals surface area (Å²) in [4.78, 5) is 23.9. The zero-order chi connectivity index (χ0) is 23.0. The molecule has 0 aliphatic rings. The number of carbonyl (C=O) groups is 2. The van der Waals surface area contributed by atoms with Crippen molar-refractivity contribution in [1.82, 2.24) is 0 Å². The maximum absolute atomic E-state index is 12.6. The SMILES string of the molecule is CCOc1cc(/C=C(\C#N)C(=O)Nc2ccc(C)c(C)c2)cc(Cl)c1OCC(=O)OC. The van der Waals surface area contributed by atoms with Crippen LogP contribution in [-0.2, 0) is 14.3 Å². The Morgan fingerprint density at radius 2 is 1.90 bits per heavy atom. The highest BCUT2D eigenvalue weighted by molar-refractivity contribution is 6.32. The molecule has 0 spiro atoms. The van der Waals surface area contributed by atoms with Crippen LogP contribution in [-0.4, -0.2) is 32.2 Å². The van der Waals surface area contributed by atoms with E-state index in [4.69, 9.17) is 21.1 Å². The van der Waals surface area contributed by atoms with Crippen molar-refractivity contribution in [3.05, 3.63) is 57.6 Å². The summed E-state index contributed by atoms with van der Waals surface area (Å²) in [5, 5.41) is 12.4. The van der Waals surface area contributed by atoms with Crippen LogP contribution in [0.2, 0.25) is 5.02 Å². The molecule has 0 aliphatic carbocycles. The minimum absolute atomic E-state index is 0.111. The van der Waals surface area contributed by atoms with Gasteiger partial charge in [-0.3, -0.25) is 4.79 Å². The van der Waals surface area contributed by atoms with Gasteiger partial charge in [0.1, 0.15) is 11.6 Å². The van der Waals surface area contributed by atoms with E-state index in [0.29, 0.717) is 17.9 Å². The van der Waals surface area contributed by atoms with Gasteiger partial charge < -0.3 is 19.5 Å². The molecule has 0 saturated heterocycles. The summed E-state index contributed by atoms with van der Waals surface area (Å²) in [7, 11) is 1.25. The lowest BCUT2D eigenvalue weighted by molar-refractivity contribution is -0.142. The van der Waals surface area contributed by atoms with Crippen LogP contribution in [0.25, 0.3) is 6.08 Å². The van der Waals surface area contributed by atoms with E-state index in [-0.39, 0.29) is 28.7 Å². The predicted octanol–water partition coefficient (Wildman–Crippen LogP) is 4.45. The fraction of sp³-hybridized carbons (Fsp3) is 0.261. The Morgan fingerprint density at radius 3 is 2.52 bits per heavy atom. The third-order valence-electron chi connectivity index (χ3n) is 4.33. The normalized spacial score (nSPS) is 10.8. The summed E-state index contributed by atoms with van der Waals surface area (Å²) in [5.41, 5.74) is 3.07. The number of methoxy groups -OCH3 is 1. The first kappa shape index (κ1) is 23.8. The van der Waals surface area contributed by atoms with Gasteiger partial charge in [0.05, 0.1) is 18.7 Å². The zero-order valence-electron chi connectivity index (χ0n) is 17.7. The number of ether oxygens (including phenoxy) is 3. The van der Waals surface area contributed by atoms with Gasteiger partial charge in [0.15, 0.2) is 18.1 Å². The number of amides is 1. The van der Waals surface area contributed by atoms with Crippen LogP contribution in [0.5, 0.6) is 11.5 Å². The quantitative estimate of drug-likeness (QED) is 0.368. The van der Waals surface area contributed by atoms with Gasteiger partial charge in [-0.2, -0.15) is 5.26 Å². The Kier molecular flexibility index (Phi) is 8.47. The molecule has 2 rings (SSSR count). The summed E-state index contributed by atoms with van der Waals surface area (Å²) < 4.78 is 15.5. The Morgan fingerprint density at radius 1 is 1.16 bits per heavy atom. The number of anilines is 1. The number of hydrogen-bond donors (Lipinski definition) is 1. The van der Waals surface area contributed by atoms with E-state index >= 15 is 0 Å². The maximum atomic E-state index is 12.6. The minimum Gasteiger partial charge on any atom is -0.490 e. The second-order valence-electron chi connectivity index (χ2n) is 6.55. The van der Waals surface area contributed by atoms with Crippen molar-refractivity contribution in [1.29, 1.82) is 5.26 Å². The Bertz CT molecular complexity index is 1060. The molecule has 162 valence electrons. The highest BCUT2D eigenvalue weighted by Crippen LogP contribution is 2.37. The van der Waals surface area contributed by atoms with E-state index in [9.17, 15) is 14.9 Å². The highest BCUT2D eigenvalue weighted by atomic mass is 35.5. The molecule has 1 N–H and O–H groups in total. The maximum Gasteiger partial charge on any atom is 0.343 e. The number of nitrogens with zero attached hydrogens (tertiary/aromatic N) is 1. The number of nitrogens with one attached hydrogen (secondary N) is 1. The second-order valence-corrected chi connectivity index (χ2v) is 6.96. The van der Waals surface area contributed by atoms with Gasteiger partial charge in [0, 0.05) is 5.69 Å². The van der Waals surface area contributed by atoms with Crippen molar-refractivity contribution in [3.8, 4) is 17.6 Å². The molecule has 2 aromatic rings. The molecule has 0 fully saturated rings. The van der Waals surface area contributed by atoms with Crippen LogP contribution >= 0.6 is 11.6 Å². The zero-order valence-corrected chi connectivity index (χ0v) is 18.5. The second kappa shape index (κ2) is 11.0. The van der Waals surface area contributed by atoms with Gasteiger partial charge >= 0.3 is 5.97 Å². The van der Waals surface area contributed by atoms with Gasteiger partial charge in [-0.05, 0) is 67.8 Å². The van der Waals surface area contributed by atoms with Crippen LogP contribution in [0, 0.1) is 25.2 Å². The molecule has 0 radical (unpaired) electrons. The molecule has 1 amide bonds. The molecule has 2 aromatic carbocycles. The standard InChI is InChI=1S/C23H23ClN2O5/c1-5-30-20-11-16(10-19(24)22(20)31-13-21(27)29-4)9-17(12-25)23(28)26-18-7-6-14(2)15(3)8-18/h6-11H,5,13H2,1-4H3,(H,26,28)/b17-9+. The topological polar surface area (TPSA) is 97.6 Å². The van der Waals surface area contributed by atoms with Crippen molar-refractivity contribution < 1.29 is 23.8 Å². The summed E-state index contributed by atoms with van der Waals surface area (Å²) in [6.45, 7) is 5.66.